The number of amides is 1. The van der Waals surface area contributed by atoms with Crippen LogP contribution in [0.3, 0.4) is 0 Å². The Bertz CT molecular complexity index is 539. The van der Waals surface area contributed by atoms with Crippen molar-refractivity contribution >= 4 is 33.9 Å². The van der Waals surface area contributed by atoms with Gasteiger partial charge in [-0.3, -0.25) is 9.59 Å². The quantitative estimate of drug-likeness (QED) is 0.847. The fourth-order valence-corrected chi connectivity index (χ4v) is 2.79. The first kappa shape index (κ1) is 15.8. The highest BCUT2D eigenvalue weighted by atomic mass is 79.9. The molecule has 1 saturated heterocycles. The molecule has 1 aliphatic heterocycles. The Morgan fingerprint density at radius 2 is 2.05 bits per heavy atom. The van der Waals surface area contributed by atoms with Crippen LogP contribution in [0, 0.1) is 5.92 Å². The molecular formula is C16H18BrNO3. The van der Waals surface area contributed by atoms with Crippen molar-refractivity contribution in [2.45, 2.75) is 19.3 Å². The van der Waals surface area contributed by atoms with Crippen LogP contribution in [0.1, 0.15) is 24.8 Å². The Morgan fingerprint density at radius 3 is 2.71 bits per heavy atom. The van der Waals surface area contributed by atoms with Gasteiger partial charge >= 0.3 is 5.97 Å². The lowest BCUT2D eigenvalue weighted by molar-refractivity contribution is -0.139. The maximum atomic E-state index is 12.2. The van der Waals surface area contributed by atoms with E-state index < -0.39 is 5.97 Å². The summed E-state index contributed by atoms with van der Waals surface area (Å²) >= 11 is 3.37. The van der Waals surface area contributed by atoms with E-state index in [4.69, 9.17) is 5.11 Å². The number of nitrogens with zero attached hydrogens (tertiary/aromatic N) is 1. The number of aliphatic carboxylic acids is 1. The van der Waals surface area contributed by atoms with Crippen molar-refractivity contribution in [1.29, 1.82) is 0 Å². The number of carboxylic acids is 1. The van der Waals surface area contributed by atoms with E-state index in [-0.39, 0.29) is 18.2 Å². The van der Waals surface area contributed by atoms with E-state index in [1.54, 1.807) is 17.1 Å². The molecule has 0 radical (unpaired) electrons. The molecule has 1 atom stereocenters. The van der Waals surface area contributed by atoms with Crippen molar-refractivity contribution in [3.63, 3.8) is 0 Å². The van der Waals surface area contributed by atoms with E-state index in [0.29, 0.717) is 13.1 Å². The molecule has 0 saturated carbocycles. The van der Waals surface area contributed by atoms with Gasteiger partial charge in [-0.1, -0.05) is 28.1 Å². The highest BCUT2D eigenvalue weighted by Gasteiger charge is 2.23. The van der Waals surface area contributed by atoms with Gasteiger partial charge in [-0.05, 0) is 42.5 Å². The lowest BCUT2D eigenvalue weighted by Gasteiger charge is -2.31. The summed E-state index contributed by atoms with van der Waals surface area (Å²) in [5, 5.41) is 8.84. The van der Waals surface area contributed by atoms with E-state index in [1.165, 1.54) is 0 Å². The van der Waals surface area contributed by atoms with E-state index >= 15 is 0 Å². The zero-order valence-electron chi connectivity index (χ0n) is 11.7. The molecule has 21 heavy (non-hydrogen) atoms. The first-order valence-corrected chi connectivity index (χ1v) is 7.78. The second-order valence-electron chi connectivity index (χ2n) is 5.28. The topological polar surface area (TPSA) is 57.6 Å². The average molecular weight is 352 g/mol. The molecule has 112 valence electrons. The second kappa shape index (κ2) is 7.41. The largest absolute Gasteiger partial charge is 0.481 e. The summed E-state index contributed by atoms with van der Waals surface area (Å²) in [7, 11) is 0. The van der Waals surface area contributed by atoms with Crippen molar-refractivity contribution < 1.29 is 14.7 Å². The maximum Gasteiger partial charge on any atom is 0.303 e. The van der Waals surface area contributed by atoms with Crippen LogP contribution in [0.15, 0.2) is 34.8 Å². The molecule has 1 aromatic carbocycles. The van der Waals surface area contributed by atoms with Gasteiger partial charge in [0, 0.05) is 30.1 Å². The molecule has 0 aliphatic carbocycles. The predicted octanol–water partition coefficient (Wildman–Crippen LogP) is 3.18. The van der Waals surface area contributed by atoms with Gasteiger partial charge < -0.3 is 10.0 Å². The molecule has 1 aliphatic rings. The number of piperidine rings is 1. The van der Waals surface area contributed by atoms with Crippen molar-refractivity contribution in [3.8, 4) is 0 Å². The van der Waals surface area contributed by atoms with Crippen LogP contribution >= 0.6 is 15.9 Å². The normalized spacial score (nSPS) is 18.9. The minimum atomic E-state index is -0.792. The van der Waals surface area contributed by atoms with Crippen LogP contribution in [-0.2, 0) is 9.59 Å². The Labute approximate surface area is 132 Å². The van der Waals surface area contributed by atoms with E-state index in [2.05, 4.69) is 15.9 Å². The van der Waals surface area contributed by atoms with Crippen molar-refractivity contribution in [3.05, 3.63) is 40.4 Å². The number of hydrogen-bond acceptors (Lipinski definition) is 2. The number of halogens is 1. The second-order valence-corrected chi connectivity index (χ2v) is 6.19. The van der Waals surface area contributed by atoms with E-state index in [0.717, 1.165) is 22.9 Å². The van der Waals surface area contributed by atoms with E-state index in [9.17, 15) is 9.59 Å². The highest BCUT2D eigenvalue weighted by molar-refractivity contribution is 9.10. The molecular weight excluding hydrogens is 334 g/mol. The summed E-state index contributed by atoms with van der Waals surface area (Å²) in [6, 6.07) is 7.70. The number of likely N-dealkylation sites (tertiary alicyclic amines) is 1. The Kier molecular flexibility index (Phi) is 5.56. The maximum absolute atomic E-state index is 12.2. The smallest absolute Gasteiger partial charge is 0.303 e. The fourth-order valence-electron chi connectivity index (χ4n) is 2.53. The number of carboxylic acid groups (broad SMARTS) is 1. The first-order valence-electron chi connectivity index (χ1n) is 6.99. The minimum Gasteiger partial charge on any atom is -0.481 e. The molecule has 1 N–H and O–H groups in total. The number of carbonyl (C=O) groups is 2. The monoisotopic (exact) mass is 351 g/mol. The molecule has 1 unspecified atom stereocenters. The lowest BCUT2D eigenvalue weighted by Crippen LogP contribution is -2.39. The molecule has 0 bridgehead atoms. The van der Waals surface area contributed by atoms with Gasteiger partial charge in [-0.15, -0.1) is 0 Å². The van der Waals surface area contributed by atoms with Gasteiger partial charge in [-0.2, -0.15) is 0 Å². The fraction of sp³-hybridized carbons (Fsp3) is 0.375. The predicted molar refractivity (Wildman–Crippen MR) is 84.7 cm³/mol. The third-order valence-corrected chi connectivity index (χ3v) is 4.11. The SMILES string of the molecule is O=C(O)CC1CCCN(C(=O)C=Cc2ccc(Br)cc2)C1. The van der Waals surface area contributed by atoms with Crippen molar-refractivity contribution in [1.82, 2.24) is 4.90 Å². The zero-order valence-corrected chi connectivity index (χ0v) is 13.3. The molecule has 1 fully saturated rings. The molecule has 5 heteroatoms. The van der Waals surface area contributed by atoms with Crippen LogP contribution in [0.4, 0.5) is 0 Å². The lowest BCUT2D eigenvalue weighted by atomic mass is 9.95. The molecule has 0 aromatic heterocycles. The van der Waals surface area contributed by atoms with Gasteiger partial charge in [0.2, 0.25) is 5.91 Å². The van der Waals surface area contributed by atoms with Crippen LogP contribution in [0.2, 0.25) is 0 Å². The molecule has 1 aromatic rings. The van der Waals surface area contributed by atoms with E-state index in [1.807, 2.05) is 24.3 Å². The van der Waals surface area contributed by atoms with Crippen LogP contribution < -0.4 is 0 Å². The minimum absolute atomic E-state index is 0.0481. The first-order chi connectivity index (χ1) is 10.0. The summed E-state index contributed by atoms with van der Waals surface area (Å²) in [4.78, 5) is 24.7. The Morgan fingerprint density at radius 1 is 1.33 bits per heavy atom. The van der Waals surface area contributed by atoms with Gasteiger partial charge in [0.15, 0.2) is 0 Å². The molecule has 2 rings (SSSR count). The van der Waals surface area contributed by atoms with Gasteiger partial charge in [0.25, 0.3) is 0 Å². The van der Waals surface area contributed by atoms with Crippen LogP contribution in [0.25, 0.3) is 6.08 Å². The third-order valence-electron chi connectivity index (χ3n) is 3.58. The summed E-state index contributed by atoms with van der Waals surface area (Å²) in [5.74, 6) is -0.769. The zero-order chi connectivity index (χ0) is 15.2. The highest BCUT2D eigenvalue weighted by Crippen LogP contribution is 2.20. The summed E-state index contributed by atoms with van der Waals surface area (Å²) in [6.45, 7) is 1.25. The Balaban J connectivity index is 1.93. The molecule has 4 nitrogen and oxygen atoms in total. The summed E-state index contributed by atoms with van der Waals surface area (Å²) < 4.78 is 0.999. The molecule has 1 amide bonds. The molecule has 1 heterocycles. The third kappa shape index (κ3) is 5.01. The average Bonchev–Trinajstić information content (AvgIpc) is 2.46. The van der Waals surface area contributed by atoms with Crippen molar-refractivity contribution in [2.75, 3.05) is 13.1 Å². The van der Waals surface area contributed by atoms with Gasteiger partial charge in [0.1, 0.15) is 0 Å². The van der Waals surface area contributed by atoms with Gasteiger partial charge in [0.05, 0.1) is 0 Å². The Hall–Kier alpha value is -1.62. The summed E-state index contributed by atoms with van der Waals surface area (Å²) in [5.41, 5.74) is 0.964. The van der Waals surface area contributed by atoms with Crippen LogP contribution in [0.5, 0.6) is 0 Å². The summed E-state index contributed by atoms with van der Waals surface area (Å²) in [6.07, 6.45) is 5.24. The van der Waals surface area contributed by atoms with Crippen molar-refractivity contribution in [2.24, 2.45) is 5.92 Å². The number of hydrogen-bond donors (Lipinski definition) is 1. The molecule has 0 spiro atoms. The van der Waals surface area contributed by atoms with Crippen LogP contribution in [-0.4, -0.2) is 35.0 Å². The number of carbonyl (C=O) groups excluding carboxylic acids is 1. The standard InChI is InChI=1S/C16H18BrNO3/c17-14-6-3-12(4-7-14)5-8-15(19)18-9-1-2-13(11-18)10-16(20)21/h3-8,13H,1-2,9-11H2,(H,20,21). The number of benzene rings is 1. The number of rotatable bonds is 4. The van der Waals surface area contributed by atoms with Gasteiger partial charge in [-0.25, -0.2) is 0 Å².